The molecule has 0 aliphatic heterocycles. The fourth-order valence-electron chi connectivity index (χ4n) is 1.42. The molecule has 0 aromatic heterocycles. The number of nitrogens with one attached hydrogen (secondary N) is 1. The van der Waals surface area contributed by atoms with Crippen LogP contribution in [0.25, 0.3) is 0 Å². The van der Waals surface area contributed by atoms with Crippen molar-refractivity contribution in [1.82, 2.24) is 4.72 Å². The topological polar surface area (TPSA) is 83.5 Å². The maximum Gasteiger partial charge on any atom is 0.303 e. The molecule has 0 saturated carbocycles. The summed E-state index contributed by atoms with van der Waals surface area (Å²) in [5.74, 6) is -0.887. The highest BCUT2D eigenvalue weighted by molar-refractivity contribution is 14.1. The summed E-state index contributed by atoms with van der Waals surface area (Å²) in [5.41, 5.74) is 0. The van der Waals surface area contributed by atoms with E-state index in [0.717, 1.165) is 3.57 Å². The molecule has 0 radical (unpaired) electrons. The van der Waals surface area contributed by atoms with Crippen LogP contribution in [0.15, 0.2) is 29.2 Å². The molecule has 106 valence electrons. The summed E-state index contributed by atoms with van der Waals surface area (Å²) in [6, 6.07) is 6.55. The zero-order valence-corrected chi connectivity index (χ0v) is 13.4. The van der Waals surface area contributed by atoms with Crippen molar-refractivity contribution in [2.75, 3.05) is 6.54 Å². The third-order valence-electron chi connectivity index (χ3n) is 2.60. The summed E-state index contributed by atoms with van der Waals surface area (Å²) >= 11 is 2.10. The zero-order chi connectivity index (χ0) is 14.5. The van der Waals surface area contributed by atoms with E-state index in [-0.39, 0.29) is 23.8 Å². The Balaban J connectivity index is 2.56. The molecule has 0 fully saturated rings. The zero-order valence-electron chi connectivity index (χ0n) is 10.5. The molecule has 5 nitrogen and oxygen atoms in total. The standard InChI is InChI=1S/C12H16INO4S/c1-9(2-7-12(15)16)8-14-19(17,18)11-5-3-10(13)4-6-11/h3-6,9,14H,2,7-8H2,1H3,(H,15,16). The predicted octanol–water partition coefficient (Wildman–Crippen LogP) is 2.07. The van der Waals surface area contributed by atoms with E-state index in [0.29, 0.717) is 6.42 Å². The second-order valence-electron chi connectivity index (χ2n) is 4.34. The van der Waals surface area contributed by atoms with Gasteiger partial charge >= 0.3 is 5.97 Å². The molecular weight excluding hydrogens is 381 g/mol. The lowest BCUT2D eigenvalue weighted by Gasteiger charge is -2.12. The van der Waals surface area contributed by atoms with Crippen molar-refractivity contribution >= 4 is 38.6 Å². The lowest BCUT2D eigenvalue weighted by Crippen LogP contribution is -2.28. The van der Waals surface area contributed by atoms with E-state index < -0.39 is 16.0 Å². The number of aliphatic carboxylic acids is 1. The highest BCUT2D eigenvalue weighted by atomic mass is 127. The van der Waals surface area contributed by atoms with Crippen molar-refractivity contribution < 1.29 is 18.3 Å². The van der Waals surface area contributed by atoms with Gasteiger partial charge in [-0.15, -0.1) is 0 Å². The first-order chi connectivity index (χ1) is 8.81. The fraction of sp³-hybridized carbons (Fsp3) is 0.417. The highest BCUT2D eigenvalue weighted by Crippen LogP contribution is 2.13. The summed E-state index contributed by atoms with van der Waals surface area (Å²) in [4.78, 5) is 10.6. The smallest absolute Gasteiger partial charge is 0.303 e. The molecule has 7 heteroatoms. The van der Waals surface area contributed by atoms with Crippen LogP contribution in [-0.2, 0) is 14.8 Å². The Morgan fingerprint density at radius 3 is 2.47 bits per heavy atom. The van der Waals surface area contributed by atoms with Crippen LogP contribution in [0.3, 0.4) is 0 Å². The van der Waals surface area contributed by atoms with Crippen molar-refractivity contribution in [3.63, 3.8) is 0 Å². The van der Waals surface area contributed by atoms with E-state index in [1.807, 2.05) is 6.92 Å². The molecule has 19 heavy (non-hydrogen) atoms. The second kappa shape index (κ2) is 7.20. The van der Waals surface area contributed by atoms with Gasteiger partial charge in [0.1, 0.15) is 0 Å². The molecule has 1 aromatic rings. The van der Waals surface area contributed by atoms with E-state index in [1.54, 1.807) is 24.3 Å². The molecule has 0 heterocycles. The molecule has 0 saturated heterocycles. The summed E-state index contributed by atoms with van der Waals surface area (Å²) in [6.45, 7) is 2.06. The van der Waals surface area contributed by atoms with E-state index in [1.165, 1.54) is 0 Å². The molecule has 1 aromatic carbocycles. The van der Waals surface area contributed by atoms with Crippen molar-refractivity contribution in [2.45, 2.75) is 24.7 Å². The Kier molecular flexibility index (Phi) is 6.21. The molecule has 1 unspecified atom stereocenters. The average molecular weight is 397 g/mol. The molecule has 0 aliphatic rings. The minimum absolute atomic E-state index is 0.0188. The van der Waals surface area contributed by atoms with Gasteiger partial charge in [-0.25, -0.2) is 13.1 Å². The van der Waals surface area contributed by atoms with Crippen LogP contribution in [0.2, 0.25) is 0 Å². The van der Waals surface area contributed by atoms with Gasteiger partial charge in [0.15, 0.2) is 0 Å². The maximum absolute atomic E-state index is 12.0. The first-order valence-electron chi connectivity index (χ1n) is 5.78. The number of carboxylic acid groups (broad SMARTS) is 1. The van der Waals surface area contributed by atoms with Crippen molar-refractivity contribution in [3.05, 3.63) is 27.8 Å². The average Bonchev–Trinajstić information content (AvgIpc) is 2.34. The molecule has 0 aliphatic carbocycles. The number of carboxylic acids is 1. The van der Waals surface area contributed by atoms with Gasteiger partial charge in [-0.05, 0) is 59.2 Å². The summed E-state index contributed by atoms with van der Waals surface area (Å²) in [6.07, 6.45) is 0.497. The van der Waals surface area contributed by atoms with E-state index in [4.69, 9.17) is 5.11 Å². The van der Waals surface area contributed by atoms with Crippen LogP contribution in [0.4, 0.5) is 0 Å². The number of hydrogen-bond acceptors (Lipinski definition) is 3. The van der Waals surface area contributed by atoms with Gasteiger partial charge in [-0.3, -0.25) is 4.79 Å². The third kappa shape index (κ3) is 5.87. The number of hydrogen-bond donors (Lipinski definition) is 2. The first-order valence-corrected chi connectivity index (χ1v) is 8.34. The lowest BCUT2D eigenvalue weighted by atomic mass is 10.1. The first kappa shape index (κ1) is 16.4. The second-order valence-corrected chi connectivity index (χ2v) is 7.36. The van der Waals surface area contributed by atoms with E-state index in [9.17, 15) is 13.2 Å². The van der Waals surface area contributed by atoms with Crippen molar-refractivity contribution in [2.24, 2.45) is 5.92 Å². The van der Waals surface area contributed by atoms with Crippen LogP contribution < -0.4 is 4.72 Å². The van der Waals surface area contributed by atoms with E-state index in [2.05, 4.69) is 27.3 Å². The fourth-order valence-corrected chi connectivity index (χ4v) is 2.95. The Morgan fingerprint density at radius 2 is 1.95 bits per heavy atom. The van der Waals surface area contributed by atoms with Gasteiger partial charge in [0.25, 0.3) is 0 Å². The predicted molar refractivity (Wildman–Crippen MR) is 80.4 cm³/mol. The Labute approximate surface area is 126 Å². The molecule has 0 amide bonds. The van der Waals surface area contributed by atoms with Crippen LogP contribution in [0.5, 0.6) is 0 Å². The molecule has 2 N–H and O–H groups in total. The van der Waals surface area contributed by atoms with Gasteiger partial charge in [0, 0.05) is 16.5 Å². The maximum atomic E-state index is 12.0. The summed E-state index contributed by atoms with van der Waals surface area (Å²) in [5, 5.41) is 8.56. The quantitative estimate of drug-likeness (QED) is 0.691. The van der Waals surface area contributed by atoms with Crippen LogP contribution >= 0.6 is 22.6 Å². The van der Waals surface area contributed by atoms with Crippen molar-refractivity contribution in [3.8, 4) is 0 Å². The van der Waals surface area contributed by atoms with Gasteiger partial charge in [-0.1, -0.05) is 6.92 Å². The van der Waals surface area contributed by atoms with Gasteiger partial charge in [0.2, 0.25) is 10.0 Å². The SMILES string of the molecule is CC(CCC(=O)O)CNS(=O)(=O)c1ccc(I)cc1. The number of rotatable bonds is 7. The van der Waals surface area contributed by atoms with E-state index >= 15 is 0 Å². The van der Waals surface area contributed by atoms with Crippen molar-refractivity contribution in [1.29, 1.82) is 0 Å². The third-order valence-corrected chi connectivity index (χ3v) is 4.76. The minimum Gasteiger partial charge on any atom is -0.481 e. The molecule has 1 rings (SSSR count). The Bertz CT molecular complexity index is 527. The monoisotopic (exact) mass is 397 g/mol. The number of sulfonamides is 1. The Morgan fingerprint density at radius 1 is 1.37 bits per heavy atom. The summed E-state index contributed by atoms with van der Waals surface area (Å²) in [7, 11) is -3.51. The number of carbonyl (C=O) groups is 1. The van der Waals surface area contributed by atoms with Crippen LogP contribution in [0, 0.1) is 9.49 Å². The highest BCUT2D eigenvalue weighted by Gasteiger charge is 2.15. The normalized spacial score (nSPS) is 13.2. The molecule has 1 atom stereocenters. The van der Waals surface area contributed by atoms with Gasteiger partial charge in [-0.2, -0.15) is 0 Å². The van der Waals surface area contributed by atoms with Gasteiger partial charge < -0.3 is 5.11 Å². The molecular formula is C12H16INO4S. The minimum atomic E-state index is -3.51. The molecule has 0 bridgehead atoms. The largest absolute Gasteiger partial charge is 0.481 e. The number of benzene rings is 1. The summed E-state index contributed by atoms with van der Waals surface area (Å²) < 4.78 is 27.4. The van der Waals surface area contributed by atoms with Crippen LogP contribution in [-0.4, -0.2) is 26.0 Å². The molecule has 0 spiro atoms. The van der Waals surface area contributed by atoms with Crippen LogP contribution in [0.1, 0.15) is 19.8 Å². The number of halogens is 1. The Hall–Kier alpha value is -0.670. The van der Waals surface area contributed by atoms with Gasteiger partial charge in [0.05, 0.1) is 4.90 Å². The lowest BCUT2D eigenvalue weighted by molar-refractivity contribution is -0.137.